The SMILES string of the molecule is COc1cccc2[nH]c3c(=O)n(N=Cc4ccccc4F)c(=O)[nH]c3c12. The van der Waals surface area contributed by atoms with Gasteiger partial charge in [0.25, 0.3) is 0 Å². The first kappa shape index (κ1) is 15.8. The van der Waals surface area contributed by atoms with Gasteiger partial charge in [0.1, 0.15) is 17.1 Å². The maximum Gasteiger partial charge on any atom is 0.350 e. The predicted octanol–water partition coefficient (Wildman–Crippen LogP) is 2.20. The number of halogens is 1. The van der Waals surface area contributed by atoms with Crippen LogP contribution >= 0.6 is 0 Å². The van der Waals surface area contributed by atoms with Crippen LogP contribution in [0.4, 0.5) is 4.39 Å². The molecule has 0 saturated carbocycles. The van der Waals surface area contributed by atoms with Gasteiger partial charge < -0.3 is 14.7 Å². The number of aromatic amines is 2. The normalized spacial score (nSPS) is 11.6. The molecule has 4 rings (SSSR count). The molecule has 0 radical (unpaired) electrons. The average molecular weight is 352 g/mol. The van der Waals surface area contributed by atoms with Gasteiger partial charge >= 0.3 is 11.2 Å². The number of hydrogen-bond acceptors (Lipinski definition) is 4. The van der Waals surface area contributed by atoms with E-state index in [2.05, 4.69) is 15.1 Å². The molecule has 0 spiro atoms. The van der Waals surface area contributed by atoms with E-state index >= 15 is 0 Å². The highest BCUT2D eigenvalue weighted by molar-refractivity contribution is 6.07. The fourth-order valence-corrected chi connectivity index (χ4v) is 2.83. The lowest BCUT2D eigenvalue weighted by atomic mass is 10.2. The zero-order valence-electron chi connectivity index (χ0n) is 13.6. The van der Waals surface area contributed by atoms with Crippen LogP contribution in [0.1, 0.15) is 5.56 Å². The number of nitrogens with zero attached hydrogens (tertiary/aromatic N) is 2. The zero-order valence-corrected chi connectivity index (χ0v) is 13.6. The molecule has 2 aromatic heterocycles. The molecule has 4 aromatic rings. The van der Waals surface area contributed by atoms with Crippen molar-refractivity contribution in [1.82, 2.24) is 14.6 Å². The Kier molecular flexibility index (Phi) is 3.65. The second-order valence-corrected chi connectivity index (χ2v) is 5.57. The maximum absolute atomic E-state index is 13.7. The lowest BCUT2D eigenvalue weighted by Crippen LogP contribution is -2.32. The van der Waals surface area contributed by atoms with Crippen molar-refractivity contribution in [3.63, 3.8) is 0 Å². The van der Waals surface area contributed by atoms with Gasteiger partial charge in [-0.05, 0) is 18.2 Å². The van der Waals surface area contributed by atoms with E-state index in [-0.39, 0.29) is 11.1 Å². The third kappa shape index (κ3) is 2.39. The molecule has 26 heavy (non-hydrogen) atoms. The Morgan fingerprint density at radius 1 is 1.08 bits per heavy atom. The summed E-state index contributed by atoms with van der Waals surface area (Å²) < 4.78 is 19.6. The predicted molar refractivity (Wildman–Crippen MR) is 96.6 cm³/mol. The van der Waals surface area contributed by atoms with Crippen LogP contribution in [0.2, 0.25) is 0 Å². The van der Waals surface area contributed by atoms with Crippen molar-refractivity contribution in [2.75, 3.05) is 7.11 Å². The summed E-state index contributed by atoms with van der Waals surface area (Å²) in [7, 11) is 1.51. The summed E-state index contributed by atoms with van der Waals surface area (Å²) in [6.45, 7) is 0. The molecule has 130 valence electrons. The van der Waals surface area contributed by atoms with Crippen molar-refractivity contribution < 1.29 is 9.13 Å². The summed E-state index contributed by atoms with van der Waals surface area (Å²) in [6.07, 6.45) is 1.13. The van der Waals surface area contributed by atoms with Gasteiger partial charge in [-0.3, -0.25) is 4.79 Å². The van der Waals surface area contributed by atoms with Gasteiger partial charge in [-0.1, -0.05) is 24.3 Å². The monoisotopic (exact) mass is 352 g/mol. The summed E-state index contributed by atoms with van der Waals surface area (Å²) in [4.78, 5) is 30.6. The lowest BCUT2D eigenvalue weighted by Gasteiger charge is -2.01. The van der Waals surface area contributed by atoms with Crippen molar-refractivity contribution in [2.45, 2.75) is 0 Å². The summed E-state index contributed by atoms with van der Waals surface area (Å²) >= 11 is 0. The number of methoxy groups -OCH3 is 1. The first-order valence-corrected chi connectivity index (χ1v) is 7.73. The van der Waals surface area contributed by atoms with Gasteiger partial charge in [0, 0.05) is 5.56 Å². The van der Waals surface area contributed by atoms with Crippen molar-refractivity contribution in [3.05, 3.63) is 74.7 Å². The molecule has 0 aliphatic heterocycles. The fraction of sp³-hybridized carbons (Fsp3) is 0.0556. The third-order valence-corrected chi connectivity index (χ3v) is 4.05. The molecule has 0 unspecified atom stereocenters. The lowest BCUT2D eigenvalue weighted by molar-refractivity contribution is 0.420. The second-order valence-electron chi connectivity index (χ2n) is 5.57. The van der Waals surface area contributed by atoms with E-state index < -0.39 is 17.1 Å². The molecule has 0 amide bonds. The molecule has 7 nitrogen and oxygen atoms in total. The Labute approximate surface area is 145 Å². The number of aromatic nitrogens is 3. The average Bonchev–Trinajstić information content (AvgIpc) is 3.02. The van der Waals surface area contributed by atoms with Crippen LogP contribution in [-0.4, -0.2) is 28.0 Å². The van der Waals surface area contributed by atoms with Gasteiger partial charge in [0.05, 0.1) is 29.7 Å². The van der Waals surface area contributed by atoms with Gasteiger partial charge in [-0.25, -0.2) is 9.18 Å². The van der Waals surface area contributed by atoms with Crippen molar-refractivity contribution in [1.29, 1.82) is 0 Å². The molecule has 8 heteroatoms. The van der Waals surface area contributed by atoms with E-state index in [1.165, 1.54) is 25.3 Å². The Bertz CT molecular complexity index is 1280. The van der Waals surface area contributed by atoms with Crippen LogP contribution in [-0.2, 0) is 0 Å². The minimum Gasteiger partial charge on any atom is -0.496 e. The molecule has 2 heterocycles. The largest absolute Gasteiger partial charge is 0.496 e. The molecular weight excluding hydrogens is 339 g/mol. The van der Waals surface area contributed by atoms with Crippen molar-refractivity contribution >= 4 is 28.2 Å². The van der Waals surface area contributed by atoms with Crippen LogP contribution in [0.5, 0.6) is 5.75 Å². The fourth-order valence-electron chi connectivity index (χ4n) is 2.83. The van der Waals surface area contributed by atoms with E-state index in [4.69, 9.17) is 4.74 Å². The van der Waals surface area contributed by atoms with Gasteiger partial charge in [0.15, 0.2) is 0 Å². The number of fused-ring (bicyclic) bond motifs is 3. The second kappa shape index (κ2) is 5.99. The van der Waals surface area contributed by atoms with Crippen molar-refractivity contribution in [2.24, 2.45) is 5.10 Å². The zero-order chi connectivity index (χ0) is 18.3. The summed E-state index contributed by atoms with van der Waals surface area (Å²) in [5.41, 5.74) is -0.0591. The number of nitrogens with one attached hydrogen (secondary N) is 2. The first-order valence-electron chi connectivity index (χ1n) is 7.73. The highest BCUT2D eigenvalue weighted by atomic mass is 19.1. The highest BCUT2D eigenvalue weighted by Crippen LogP contribution is 2.29. The molecule has 0 fully saturated rings. The first-order chi connectivity index (χ1) is 12.6. The molecule has 0 aliphatic rings. The number of rotatable bonds is 3. The molecule has 2 N–H and O–H groups in total. The van der Waals surface area contributed by atoms with Crippen LogP contribution in [0.3, 0.4) is 0 Å². The van der Waals surface area contributed by atoms with Crippen LogP contribution in [0.15, 0.2) is 57.2 Å². The van der Waals surface area contributed by atoms with Gasteiger partial charge in [0.2, 0.25) is 0 Å². The van der Waals surface area contributed by atoms with Gasteiger partial charge in [-0.15, -0.1) is 4.68 Å². The van der Waals surface area contributed by atoms with E-state index in [0.29, 0.717) is 26.8 Å². The van der Waals surface area contributed by atoms with Crippen molar-refractivity contribution in [3.8, 4) is 5.75 Å². The Morgan fingerprint density at radius 2 is 1.88 bits per heavy atom. The Hall–Kier alpha value is -3.68. The molecule has 2 aromatic carbocycles. The minimum atomic E-state index is -0.734. The van der Waals surface area contributed by atoms with E-state index in [0.717, 1.165) is 6.21 Å². The molecule has 0 bridgehead atoms. The minimum absolute atomic E-state index is 0.164. The Balaban J connectivity index is 1.96. The topological polar surface area (TPSA) is 92.2 Å². The van der Waals surface area contributed by atoms with E-state index in [9.17, 15) is 14.0 Å². The quantitative estimate of drug-likeness (QED) is 0.554. The van der Waals surface area contributed by atoms with Crippen LogP contribution in [0, 0.1) is 5.82 Å². The number of benzene rings is 2. The number of H-pyrrole nitrogens is 2. The third-order valence-electron chi connectivity index (χ3n) is 4.05. The van der Waals surface area contributed by atoms with E-state index in [1.54, 1.807) is 24.3 Å². The standard InChI is InChI=1S/C18H13FN4O3/c1-26-13-8-4-7-12-14(13)15-16(21-12)17(24)23(18(25)22-15)20-9-10-5-2-3-6-11(10)19/h2-9,21H,1H3,(H,22,25). The smallest absolute Gasteiger partial charge is 0.350 e. The molecular formula is C18H13FN4O3. The van der Waals surface area contributed by atoms with Crippen LogP contribution in [0.25, 0.3) is 21.9 Å². The molecule has 0 atom stereocenters. The number of hydrogen-bond donors (Lipinski definition) is 2. The van der Waals surface area contributed by atoms with E-state index in [1.807, 2.05) is 0 Å². The van der Waals surface area contributed by atoms with Gasteiger partial charge in [-0.2, -0.15) is 5.10 Å². The molecule has 0 saturated heterocycles. The highest BCUT2D eigenvalue weighted by Gasteiger charge is 2.15. The number of ether oxygens (including phenoxy) is 1. The summed E-state index contributed by atoms with van der Waals surface area (Å²) in [5, 5.41) is 4.44. The molecule has 0 aliphatic carbocycles. The Morgan fingerprint density at radius 3 is 2.65 bits per heavy atom. The van der Waals surface area contributed by atoms with Crippen LogP contribution < -0.4 is 16.0 Å². The summed E-state index contributed by atoms with van der Waals surface area (Å²) in [5.74, 6) is 0.0218. The summed E-state index contributed by atoms with van der Waals surface area (Å²) in [6, 6.07) is 11.2. The maximum atomic E-state index is 13.7.